The molecule has 1 amide bonds. The van der Waals surface area contributed by atoms with Gasteiger partial charge in [0.25, 0.3) is 5.91 Å². The van der Waals surface area contributed by atoms with Gasteiger partial charge in [-0.05, 0) is 36.6 Å². The molecule has 148 valence electrons. The molecule has 1 aromatic carbocycles. The summed E-state index contributed by atoms with van der Waals surface area (Å²) in [7, 11) is 4.67. The molecule has 7 nitrogen and oxygen atoms in total. The van der Waals surface area contributed by atoms with E-state index >= 15 is 0 Å². The second-order valence-electron chi connectivity index (χ2n) is 6.54. The van der Waals surface area contributed by atoms with Crippen molar-refractivity contribution in [3.63, 3.8) is 0 Å². The number of aliphatic hydroxyl groups excluding tert-OH is 1. The van der Waals surface area contributed by atoms with Gasteiger partial charge >= 0.3 is 5.97 Å². The van der Waals surface area contributed by atoms with Gasteiger partial charge in [-0.25, -0.2) is 4.79 Å². The van der Waals surface area contributed by atoms with Gasteiger partial charge < -0.3 is 24.2 Å². The monoisotopic (exact) mass is 377 g/mol. The standard InChI is InChI=1S/C20H27NO6/c1-21(2)19(23)17-12-16(13-18(27-17)26-11-5-4-10-22)14-6-8-15(9-7-14)20(24)25-3/h6-9,12,16,18,22H,4-5,10-11,13H2,1-3H3/t16-,18+/m1/s1. The number of aliphatic hydroxyl groups is 1. The van der Waals surface area contributed by atoms with Crippen LogP contribution in [0.2, 0.25) is 0 Å². The van der Waals surface area contributed by atoms with Gasteiger partial charge in [-0.15, -0.1) is 0 Å². The molecule has 7 heteroatoms. The van der Waals surface area contributed by atoms with E-state index in [1.807, 2.05) is 12.1 Å². The van der Waals surface area contributed by atoms with Gasteiger partial charge in [-0.1, -0.05) is 12.1 Å². The van der Waals surface area contributed by atoms with Crippen molar-refractivity contribution in [2.24, 2.45) is 0 Å². The number of hydrogen-bond acceptors (Lipinski definition) is 6. The van der Waals surface area contributed by atoms with Crippen molar-refractivity contribution >= 4 is 11.9 Å². The van der Waals surface area contributed by atoms with E-state index in [0.717, 1.165) is 12.0 Å². The smallest absolute Gasteiger partial charge is 0.337 e. The number of esters is 1. The quantitative estimate of drug-likeness (QED) is 0.551. The number of methoxy groups -OCH3 is 1. The lowest BCUT2D eigenvalue weighted by Gasteiger charge is -2.30. The van der Waals surface area contributed by atoms with Crippen LogP contribution in [0.25, 0.3) is 0 Å². The lowest BCUT2D eigenvalue weighted by molar-refractivity contribution is -0.151. The van der Waals surface area contributed by atoms with E-state index in [-0.39, 0.29) is 24.2 Å². The molecule has 0 spiro atoms. The molecule has 0 bridgehead atoms. The first-order valence-corrected chi connectivity index (χ1v) is 8.97. The van der Waals surface area contributed by atoms with E-state index in [0.29, 0.717) is 25.0 Å². The number of nitrogens with zero attached hydrogens (tertiary/aromatic N) is 1. The lowest BCUT2D eigenvalue weighted by atomic mass is 9.92. The molecule has 27 heavy (non-hydrogen) atoms. The van der Waals surface area contributed by atoms with Crippen LogP contribution in [0, 0.1) is 0 Å². The van der Waals surface area contributed by atoms with Crippen molar-refractivity contribution in [2.45, 2.75) is 31.5 Å². The Bertz CT molecular complexity index is 668. The minimum absolute atomic E-state index is 0.0767. The van der Waals surface area contributed by atoms with Crippen LogP contribution < -0.4 is 0 Å². The van der Waals surface area contributed by atoms with Crippen molar-refractivity contribution in [3.8, 4) is 0 Å². The van der Waals surface area contributed by atoms with Gasteiger partial charge in [0.1, 0.15) is 0 Å². The topological polar surface area (TPSA) is 85.3 Å². The maximum Gasteiger partial charge on any atom is 0.337 e. The maximum absolute atomic E-state index is 12.4. The SMILES string of the molecule is COC(=O)c1ccc([C@@H]2C=C(C(=O)N(C)C)O[C@H](OCCCCO)C2)cc1. The Kier molecular flexibility index (Phi) is 7.82. The molecule has 1 heterocycles. The second-order valence-corrected chi connectivity index (χ2v) is 6.54. The zero-order chi connectivity index (χ0) is 19.8. The molecular weight excluding hydrogens is 350 g/mol. The summed E-state index contributed by atoms with van der Waals surface area (Å²) in [5, 5.41) is 8.87. The van der Waals surface area contributed by atoms with Crippen LogP contribution in [0.4, 0.5) is 0 Å². The number of rotatable bonds is 8. The lowest BCUT2D eigenvalue weighted by Crippen LogP contribution is -2.32. The number of carbonyl (C=O) groups excluding carboxylic acids is 2. The van der Waals surface area contributed by atoms with Crippen molar-refractivity contribution in [1.29, 1.82) is 0 Å². The first-order valence-electron chi connectivity index (χ1n) is 8.97. The van der Waals surface area contributed by atoms with Crippen LogP contribution in [-0.4, -0.2) is 62.6 Å². The zero-order valence-corrected chi connectivity index (χ0v) is 16.0. The van der Waals surface area contributed by atoms with E-state index in [9.17, 15) is 9.59 Å². The van der Waals surface area contributed by atoms with E-state index in [1.165, 1.54) is 12.0 Å². The number of benzene rings is 1. The van der Waals surface area contributed by atoms with Crippen molar-refractivity contribution in [1.82, 2.24) is 4.90 Å². The van der Waals surface area contributed by atoms with Gasteiger partial charge in [0.15, 0.2) is 5.76 Å². The van der Waals surface area contributed by atoms with E-state index in [4.69, 9.17) is 19.3 Å². The highest BCUT2D eigenvalue weighted by Crippen LogP contribution is 2.32. The molecule has 0 saturated heterocycles. The first-order chi connectivity index (χ1) is 13.0. The van der Waals surface area contributed by atoms with Gasteiger partial charge in [-0.3, -0.25) is 4.79 Å². The summed E-state index contributed by atoms with van der Waals surface area (Å²) in [6, 6.07) is 7.10. The van der Waals surface area contributed by atoms with Gasteiger partial charge in [-0.2, -0.15) is 0 Å². The Hall–Kier alpha value is -2.38. The van der Waals surface area contributed by atoms with Crippen LogP contribution in [0.5, 0.6) is 0 Å². The van der Waals surface area contributed by atoms with Gasteiger partial charge in [0.2, 0.25) is 6.29 Å². The number of allylic oxidation sites excluding steroid dienone is 1. The summed E-state index contributed by atoms with van der Waals surface area (Å²) in [6.07, 6.45) is 3.18. The van der Waals surface area contributed by atoms with Crippen molar-refractivity contribution in [2.75, 3.05) is 34.4 Å². The summed E-state index contributed by atoms with van der Waals surface area (Å²) in [5.41, 5.74) is 1.43. The fourth-order valence-corrected chi connectivity index (χ4v) is 2.78. The molecule has 0 fully saturated rings. The number of unbranched alkanes of at least 4 members (excludes halogenated alkanes) is 1. The first kappa shape index (κ1) is 20.9. The van der Waals surface area contributed by atoms with Crippen molar-refractivity contribution < 1.29 is 28.9 Å². The Labute approximate surface area is 159 Å². The fraction of sp³-hybridized carbons (Fsp3) is 0.500. The number of carbonyl (C=O) groups is 2. The molecule has 0 saturated carbocycles. The highest BCUT2D eigenvalue weighted by atomic mass is 16.7. The number of amides is 1. The summed E-state index contributed by atoms with van der Waals surface area (Å²) < 4.78 is 16.2. The molecule has 0 radical (unpaired) electrons. The molecule has 0 aliphatic carbocycles. The molecule has 1 aliphatic rings. The van der Waals surface area contributed by atoms with Crippen LogP contribution in [0.1, 0.15) is 41.1 Å². The minimum atomic E-state index is -0.544. The normalized spacial score (nSPS) is 19.0. The van der Waals surface area contributed by atoms with Crippen LogP contribution >= 0.6 is 0 Å². The molecule has 1 aromatic rings. The zero-order valence-electron chi connectivity index (χ0n) is 16.0. The molecule has 2 rings (SSSR count). The number of hydrogen-bond donors (Lipinski definition) is 1. The van der Waals surface area contributed by atoms with E-state index < -0.39 is 12.3 Å². The molecule has 1 aliphatic heterocycles. The fourth-order valence-electron chi connectivity index (χ4n) is 2.78. The Balaban J connectivity index is 2.17. The number of likely N-dealkylation sites (N-methyl/N-ethyl adjacent to an activating group) is 1. The van der Waals surface area contributed by atoms with E-state index in [1.54, 1.807) is 32.3 Å². The maximum atomic E-state index is 12.4. The highest BCUT2D eigenvalue weighted by molar-refractivity contribution is 5.91. The third-order valence-electron chi connectivity index (χ3n) is 4.29. The molecule has 0 aromatic heterocycles. The Morgan fingerprint density at radius 1 is 1.22 bits per heavy atom. The molecule has 2 atom stereocenters. The van der Waals surface area contributed by atoms with Gasteiger partial charge in [0, 0.05) is 33.0 Å². The Morgan fingerprint density at radius 2 is 1.93 bits per heavy atom. The minimum Gasteiger partial charge on any atom is -0.465 e. The average Bonchev–Trinajstić information content (AvgIpc) is 2.69. The Morgan fingerprint density at radius 3 is 2.52 bits per heavy atom. The molecular formula is C20H27NO6. The van der Waals surface area contributed by atoms with E-state index in [2.05, 4.69) is 0 Å². The predicted molar refractivity (Wildman–Crippen MR) is 99.1 cm³/mol. The van der Waals surface area contributed by atoms with Crippen molar-refractivity contribution in [3.05, 3.63) is 47.2 Å². The van der Waals surface area contributed by atoms with Crippen LogP contribution in [-0.2, 0) is 19.0 Å². The second kappa shape index (κ2) is 10.1. The summed E-state index contributed by atoms with van der Waals surface area (Å²) in [5.74, 6) is -0.444. The van der Waals surface area contributed by atoms with Crippen LogP contribution in [0.15, 0.2) is 36.1 Å². The largest absolute Gasteiger partial charge is 0.465 e. The number of ether oxygens (including phenoxy) is 3. The predicted octanol–water partition coefficient (Wildman–Crippen LogP) is 2.06. The molecule has 1 N–H and O–H groups in total. The third kappa shape index (κ3) is 5.80. The third-order valence-corrected chi connectivity index (χ3v) is 4.29. The highest BCUT2D eigenvalue weighted by Gasteiger charge is 2.29. The summed E-state index contributed by atoms with van der Waals surface area (Å²) >= 11 is 0. The molecule has 0 unspecified atom stereocenters. The summed E-state index contributed by atoms with van der Waals surface area (Å²) in [4.78, 5) is 25.4. The van der Waals surface area contributed by atoms with Gasteiger partial charge in [0.05, 0.1) is 19.3 Å². The average molecular weight is 377 g/mol. The van der Waals surface area contributed by atoms with Crippen LogP contribution in [0.3, 0.4) is 0 Å². The summed E-state index contributed by atoms with van der Waals surface area (Å²) in [6.45, 7) is 0.566.